The van der Waals surface area contributed by atoms with E-state index in [1.54, 1.807) is 0 Å². The van der Waals surface area contributed by atoms with Gasteiger partial charge in [-0.2, -0.15) is 0 Å². The highest BCUT2D eigenvalue weighted by Crippen LogP contribution is 2.11. The molecule has 0 spiro atoms. The largest absolute Gasteiger partial charge is 0.299 e. The smallest absolute Gasteiger partial charge is 0.0233 e. The Morgan fingerprint density at radius 3 is 2.47 bits per heavy atom. The van der Waals surface area contributed by atoms with E-state index in [-0.39, 0.29) is 0 Å². The maximum absolute atomic E-state index is 5.76. The molecule has 0 heterocycles. The predicted octanol–water partition coefficient (Wildman–Crippen LogP) is 4.16. The molecular formula is C15H24ClN. The van der Waals surface area contributed by atoms with Gasteiger partial charge >= 0.3 is 0 Å². The standard InChI is InChI=1S/C15H24ClN/c1-3-17(12-10-14(2)9-11-16)13-15-7-5-4-6-8-15/h4-8,14H,3,9-13H2,1-2H3. The lowest BCUT2D eigenvalue weighted by Crippen LogP contribution is -2.25. The molecule has 17 heavy (non-hydrogen) atoms. The SMILES string of the molecule is CCN(CCC(C)CCCl)Cc1ccccc1. The van der Waals surface area contributed by atoms with Crippen molar-refractivity contribution >= 4 is 11.6 Å². The Hall–Kier alpha value is -0.530. The Labute approximate surface area is 111 Å². The van der Waals surface area contributed by atoms with E-state index < -0.39 is 0 Å². The summed E-state index contributed by atoms with van der Waals surface area (Å²) in [6.45, 7) is 7.87. The maximum atomic E-state index is 5.76. The zero-order valence-corrected chi connectivity index (χ0v) is 11.8. The number of alkyl halides is 1. The van der Waals surface area contributed by atoms with Crippen molar-refractivity contribution < 1.29 is 0 Å². The van der Waals surface area contributed by atoms with Crippen molar-refractivity contribution in [3.8, 4) is 0 Å². The highest BCUT2D eigenvalue weighted by Gasteiger charge is 2.06. The van der Waals surface area contributed by atoms with Gasteiger partial charge in [-0.1, -0.05) is 44.2 Å². The summed E-state index contributed by atoms with van der Waals surface area (Å²) in [6.07, 6.45) is 2.37. The van der Waals surface area contributed by atoms with Gasteiger partial charge in [0.1, 0.15) is 0 Å². The summed E-state index contributed by atoms with van der Waals surface area (Å²) < 4.78 is 0. The Bertz CT molecular complexity index is 286. The maximum Gasteiger partial charge on any atom is 0.0233 e. The molecule has 1 aromatic carbocycles. The van der Waals surface area contributed by atoms with Gasteiger partial charge in [0, 0.05) is 12.4 Å². The van der Waals surface area contributed by atoms with E-state index in [1.807, 2.05) is 0 Å². The first-order chi connectivity index (χ1) is 8.26. The van der Waals surface area contributed by atoms with Crippen LogP contribution in [0.2, 0.25) is 0 Å². The minimum atomic E-state index is 0.734. The molecular weight excluding hydrogens is 230 g/mol. The molecule has 0 bridgehead atoms. The molecule has 0 saturated heterocycles. The van der Waals surface area contributed by atoms with E-state index in [0.29, 0.717) is 0 Å². The van der Waals surface area contributed by atoms with Crippen molar-refractivity contribution in [3.63, 3.8) is 0 Å². The van der Waals surface area contributed by atoms with Gasteiger partial charge in [-0.25, -0.2) is 0 Å². The highest BCUT2D eigenvalue weighted by atomic mass is 35.5. The summed E-state index contributed by atoms with van der Waals surface area (Å²) in [6, 6.07) is 10.7. The van der Waals surface area contributed by atoms with Gasteiger partial charge in [0.15, 0.2) is 0 Å². The van der Waals surface area contributed by atoms with Crippen LogP contribution in [0, 0.1) is 5.92 Å². The first kappa shape index (κ1) is 14.5. The minimum absolute atomic E-state index is 0.734. The van der Waals surface area contributed by atoms with Crippen LogP contribution in [0.5, 0.6) is 0 Å². The molecule has 0 aliphatic rings. The summed E-state index contributed by atoms with van der Waals surface area (Å²) >= 11 is 5.76. The molecule has 1 rings (SSSR count). The van der Waals surface area contributed by atoms with Gasteiger partial charge in [-0.3, -0.25) is 4.90 Å². The summed E-state index contributed by atoms with van der Waals surface area (Å²) in [4.78, 5) is 2.50. The predicted molar refractivity (Wildman–Crippen MR) is 76.5 cm³/mol. The van der Waals surface area contributed by atoms with Gasteiger partial charge in [-0.05, 0) is 37.4 Å². The van der Waals surface area contributed by atoms with Crippen LogP contribution < -0.4 is 0 Å². The minimum Gasteiger partial charge on any atom is -0.299 e. The average Bonchev–Trinajstić information content (AvgIpc) is 2.36. The molecule has 1 nitrogen and oxygen atoms in total. The van der Waals surface area contributed by atoms with E-state index in [2.05, 4.69) is 49.1 Å². The Morgan fingerprint density at radius 2 is 1.88 bits per heavy atom. The Balaban J connectivity index is 2.34. The Morgan fingerprint density at radius 1 is 1.18 bits per heavy atom. The second-order valence-corrected chi connectivity index (χ2v) is 5.10. The van der Waals surface area contributed by atoms with Gasteiger partial charge in [0.25, 0.3) is 0 Å². The molecule has 0 N–H and O–H groups in total. The topological polar surface area (TPSA) is 3.24 Å². The molecule has 1 atom stereocenters. The monoisotopic (exact) mass is 253 g/mol. The normalized spacial score (nSPS) is 12.9. The number of benzene rings is 1. The lowest BCUT2D eigenvalue weighted by molar-refractivity contribution is 0.257. The third kappa shape index (κ3) is 6.09. The van der Waals surface area contributed by atoms with Crippen LogP contribution >= 0.6 is 11.6 Å². The van der Waals surface area contributed by atoms with Gasteiger partial charge in [-0.15, -0.1) is 11.6 Å². The summed E-state index contributed by atoms with van der Waals surface area (Å²) in [5.41, 5.74) is 1.40. The van der Waals surface area contributed by atoms with Crippen molar-refractivity contribution in [2.75, 3.05) is 19.0 Å². The quantitative estimate of drug-likeness (QED) is 0.629. The van der Waals surface area contributed by atoms with Crippen LogP contribution in [-0.2, 0) is 6.54 Å². The van der Waals surface area contributed by atoms with Gasteiger partial charge < -0.3 is 0 Å². The van der Waals surface area contributed by atoms with E-state index >= 15 is 0 Å². The summed E-state index contributed by atoms with van der Waals surface area (Å²) in [7, 11) is 0. The fourth-order valence-corrected chi connectivity index (χ4v) is 2.30. The molecule has 0 amide bonds. The van der Waals surface area contributed by atoms with Crippen LogP contribution in [-0.4, -0.2) is 23.9 Å². The average molecular weight is 254 g/mol. The zero-order chi connectivity index (χ0) is 12.5. The number of halogens is 1. The third-order valence-corrected chi connectivity index (χ3v) is 3.45. The molecule has 0 radical (unpaired) electrons. The summed E-state index contributed by atoms with van der Waals surface area (Å²) in [5, 5.41) is 0. The van der Waals surface area contributed by atoms with Crippen molar-refractivity contribution in [3.05, 3.63) is 35.9 Å². The van der Waals surface area contributed by atoms with Crippen LogP contribution in [0.4, 0.5) is 0 Å². The van der Waals surface area contributed by atoms with Crippen molar-refractivity contribution in [1.82, 2.24) is 4.90 Å². The second-order valence-electron chi connectivity index (χ2n) is 4.73. The van der Waals surface area contributed by atoms with Crippen LogP contribution in [0.3, 0.4) is 0 Å². The number of hydrogen-bond acceptors (Lipinski definition) is 1. The molecule has 96 valence electrons. The fourth-order valence-electron chi connectivity index (χ4n) is 1.92. The van der Waals surface area contributed by atoms with E-state index in [9.17, 15) is 0 Å². The molecule has 0 aromatic heterocycles. The lowest BCUT2D eigenvalue weighted by Gasteiger charge is -2.22. The molecule has 0 fully saturated rings. The van der Waals surface area contributed by atoms with E-state index in [4.69, 9.17) is 11.6 Å². The van der Waals surface area contributed by atoms with Crippen molar-refractivity contribution in [1.29, 1.82) is 0 Å². The molecule has 1 aromatic rings. The van der Waals surface area contributed by atoms with Crippen LogP contribution in [0.15, 0.2) is 30.3 Å². The third-order valence-electron chi connectivity index (χ3n) is 3.24. The number of rotatable bonds is 8. The van der Waals surface area contributed by atoms with Crippen LogP contribution in [0.1, 0.15) is 32.3 Å². The second kappa shape index (κ2) is 8.54. The highest BCUT2D eigenvalue weighted by molar-refractivity contribution is 6.17. The molecule has 0 saturated carbocycles. The van der Waals surface area contributed by atoms with Crippen LogP contribution in [0.25, 0.3) is 0 Å². The van der Waals surface area contributed by atoms with E-state index in [1.165, 1.54) is 18.5 Å². The fraction of sp³-hybridized carbons (Fsp3) is 0.600. The molecule has 2 heteroatoms. The number of hydrogen-bond donors (Lipinski definition) is 0. The van der Waals surface area contributed by atoms with Crippen molar-refractivity contribution in [2.45, 2.75) is 33.2 Å². The lowest BCUT2D eigenvalue weighted by atomic mass is 10.0. The zero-order valence-electron chi connectivity index (χ0n) is 11.0. The van der Waals surface area contributed by atoms with E-state index in [0.717, 1.165) is 31.3 Å². The molecule has 0 aliphatic carbocycles. The Kier molecular flexibility index (Phi) is 7.30. The summed E-state index contributed by atoms with van der Waals surface area (Å²) in [5.74, 6) is 1.52. The first-order valence-electron chi connectivity index (χ1n) is 6.58. The molecule has 0 aliphatic heterocycles. The first-order valence-corrected chi connectivity index (χ1v) is 7.12. The number of nitrogens with zero attached hydrogens (tertiary/aromatic N) is 1. The van der Waals surface area contributed by atoms with Gasteiger partial charge in [0.2, 0.25) is 0 Å². The van der Waals surface area contributed by atoms with Gasteiger partial charge in [0.05, 0.1) is 0 Å². The van der Waals surface area contributed by atoms with Crippen molar-refractivity contribution in [2.24, 2.45) is 5.92 Å². The molecule has 1 unspecified atom stereocenters.